The highest BCUT2D eigenvalue weighted by Gasteiger charge is 2.08. The number of aliphatic hydroxyl groups excluding tert-OH is 2. The molecule has 1 rings (SSSR count). The van der Waals surface area contributed by atoms with E-state index in [1.807, 2.05) is 29.2 Å². The Balaban J connectivity index is 3.02. The van der Waals surface area contributed by atoms with Crippen molar-refractivity contribution >= 4 is 11.3 Å². The summed E-state index contributed by atoms with van der Waals surface area (Å²) in [5, 5.41) is 18.1. The summed E-state index contributed by atoms with van der Waals surface area (Å²) in [6, 6.07) is 7.82. The third-order valence-corrected chi connectivity index (χ3v) is 3.44. The van der Waals surface area contributed by atoms with E-state index < -0.39 is 0 Å². The Morgan fingerprint density at radius 3 is 1.76 bits per heavy atom. The fourth-order valence-electron chi connectivity index (χ4n) is 2.28. The Morgan fingerprint density at radius 1 is 0.857 bits per heavy atom. The molecule has 0 unspecified atom stereocenters. The van der Waals surface area contributed by atoms with Crippen LogP contribution in [0.4, 0.5) is 5.69 Å². The Bertz CT molecular complexity index is 433. The maximum Gasteiger partial charge on any atom is 0.0606 e. The Kier molecular flexibility index (Phi) is 7.96. The summed E-state index contributed by atoms with van der Waals surface area (Å²) >= 11 is 0. The summed E-state index contributed by atoms with van der Waals surface area (Å²) in [6.07, 6.45) is 0. The van der Waals surface area contributed by atoms with Crippen LogP contribution in [0.25, 0.3) is 5.57 Å². The van der Waals surface area contributed by atoms with Crippen LogP contribution in [0.1, 0.15) is 5.56 Å². The maximum atomic E-state index is 9.07. The van der Waals surface area contributed by atoms with Crippen molar-refractivity contribution in [2.45, 2.75) is 0 Å². The zero-order chi connectivity index (χ0) is 15.7. The minimum Gasteiger partial charge on any atom is -0.395 e. The number of anilines is 1. The summed E-state index contributed by atoms with van der Waals surface area (Å²) in [5.41, 5.74) is 21.1. The van der Waals surface area contributed by atoms with Gasteiger partial charge in [0.1, 0.15) is 0 Å². The summed E-state index contributed by atoms with van der Waals surface area (Å²) in [5.74, 6) is 0. The highest BCUT2D eigenvalue weighted by Crippen LogP contribution is 2.21. The molecule has 0 amide bonds. The topological polar surface area (TPSA) is 122 Å². The Hall–Kier alpha value is -1.44. The molecule has 0 radical (unpaired) electrons. The van der Waals surface area contributed by atoms with Gasteiger partial charge in [0.15, 0.2) is 0 Å². The number of nitrogens with zero attached hydrogens (tertiary/aromatic N) is 1. The van der Waals surface area contributed by atoms with E-state index in [1.165, 1.54) is 0 Å². The maximum absolute atomic E-state index is 9.07. The minimum absolute atomic E-state index is 0.0419. The van der Waals surface area contributed by atoms with E-state index in [0.29, 0.717) is 32.7 Å². The van der Waals surface area contributed by atoms with Crippen molar-refractivity contribution in [2.24, 2.45) is 17.2 Å². The van der Waals surface area contributed by atoms with E-state index in [-0.39, 0.29) is 13.2 Å². The summed E-state index contributed by atoms with van der Waals surface area (Å²) in [6.45, 7) is 2.23. The van der Waals surface area contributed by atoms with Crippen molar-refractivity contribution in [3.05, 3.63) is 35.4 Å². The molecule has 6 heteroatoms. The predicted molar refractivity (Wildman–Crippen MR) is 86.9 cm³/mol. The van der Waals surface area contributed by atoms with Crippen LogP contribution < -0.4 is 22.1 Å². The van der Waals surface area contributed by atoms with E-state index in [9.17, 15) is 0 Å². The average Bonchev–Trinajstić information content (AvgIpc) is 2.52. The first-order chi connectivity index (χ1) is 10.2. The van der Waals surface area contributed by atoms with E-state index in [0.717, 1.165) is 22.4 Å². The van der Waals surface area contributed by atoms with Gasteiger partial charge in [-0.25, -0.2) is 0 Å². The molecule has 0 aliphatic carbocycles. The van der Waals surface area contributed by atoms with Crippen LogP contribution in [0.5, 0.6) is 0 Å². The molecule has 0 bridgehead atoms. The molecule has 1 aromatic rings. The van der Waals surface area contributed by atoms with Crippen LogP contribution in [0.2, 0.25) is 0 Å². The van der Waals surface area contributed by atoms with E-state index >= 15 is 0 Å². The first-order valence-electron chi connectivity index (χ1n) is 7.10. The van der Waals surface area contributed by atoms with Gasteiger partial charge >= 0.3 is 0 Å². The second-order valence-electron chi connectivity index (χ2n) is 4.68. The molecule has 0 aliphatic heterocycles. The number of hydrogen-bond acceptors (Lipinski definition) is 6. The molecule has 0 saturated carbocycles. The quantitative estimate of drug-likeness (QED) is 0.403. The molecular formula is C15H26N4O2. The smallest absolute Gasteiger partial charge is 0.0606 e. The van der Waals surface area contributed by atoms with Crippen LogP contribution in [0, 0.1) is 0 Å². The van der Waals surface area contributed by atoms with Gasteiger partial charge in [0.25, 0.3) is 0 Å². The Labute approximate surface area is 125 Å². The fraction of sp³-hybridized carbons (Fsp3) is 0.467. The van der Waals surface area contributed by atoms with Gasteiger partial charge in [-0.3, -0.25) is 0 Å². The standard InChI is InChI=1S/C15H26N4O2/c16-9-13(10-17)15(11-18)12-1-3-14(4-2-12)19(5-7-20)6-8-21/h1-4,20-21H,5-11,16-18H2. The third kappa shape index (κ3) is 4.80. The van der Waals surface area contributed by atoms with Gasteiger partial charge in [-0.1, -0.05) is 12.1 Å². The lowest BCUT2D eigenvalue weighted by molar-refractivity contribution is 0.281. The average molecular weight is 294 g/mol. The number of nitrogens with two attached hydrogens (primary N) is 3. The zero-order valence-electron chi connectivity index (χ0n) is 12.3. The van der Waals surface area contributed by atoms with Crippen molar-refractivity contribution in [3.63, 3.8) is 0 Å². The number of benzene rings is 1. The molecule has 21 heavy (non-hydrogen) atoms. The molecule has 0 heterocycles. The van der Waals surface area contributed by atoms with Gasteiger partial charge in [-0.15, -0.1) is 0 Å². The molecule has 1 aromatic carbocycles. The molecule has 0 aliphatic rings. The highest BCUT2D eigenvalue weighted by atomic mass is 16.3. The molecule has 6 nitrogen and oxygen atoms in total. The molecule has 0 fully saturated rings. The lowest BCUT2D eigenvalue weighted by Crippen LogP contribution is -2.29. The first-order valence-corrected chi connectivity index (χ1v) is 7.10. The minimum atomic E-state index is 0.0419. The molecule has 0 spiro atoms. The summed E-state index contributed by atoms with van der Waals surface area (Å²) in [4.78, 5) is 1.92. The van der Waals surface area contributed by atoms with Crippen molar-refractivity contribution in [3.8, 4) is 0 Å². The normalized spacial score (nSPS) is 10.5. The van der Waals surface area contributed by atoms with Crippen LogP contribution in [0.15, 0.2) is 29.8 Å². The summed E-state index contributed by atoms with van der Waals surface area (Å²) in [7, 11) is 0. The summed E-state index contributed by atoms with van der Waals surface area (Å²) < 4.78 is 0. The van der Waals surface area contributed by atoms with Crippen LogP contribution in [-0.4, -0.2) is 56.2 Å². The first kappa shape index (κ1) is 17.6. The van der Waals surface area contributed by atoms with Gasteiger partial charge in [0, 0.05) is 38.4 Å². The van der Waals surface area contributed by atoms with Crippen molar-refractivity contribution in [1.82, 2.24) is 0 Å². The van der Waals surface area contributed by atoms with Gasteiger partial charge < -0.3 is 32.3 Å². The van der Waals surface area contributed by atoms with Crippen LogP contribution in [-0.2, 0) is 0 Å². The van der Waals surface area contributed by atoms with Gasteiger partial charge in [-0.2, -0.15) is 0 Å². The van der Waals surface area contributed by atoms with E-state index in [2.05, 4.69) is 0 Å². The van der Waals surface area contributed by atoms with Crippen LogP contribution >= 0.6 is 0 Å². The molecule has 0 saturated heterocycles. The SMILES string of the molecule is NCC(CN)=C(CN)c1ccc(N(CCO)CCO)cc1. The van der Waals surface area contributed by atoms with Crippen molar-refractivity contribution in [2.75, 3.05) is 50.8 Å². The second-order valence-corrected chi connectivity index (χ2v) is 4.68. The van der Waals surface area contributed by atoms with E-state index in [4.69, 9.17) is 27.4 Å². The number of rotatable bonds is 9. The largest absolute Gasteiger partial charge is 0.395 e. The number of aliphatic hydroxyl groups is 2. The van der Waals surface area contributed by atoms with Gasteiger partial charge in [0.05, 0.1) is 13.2 Å². The monoisotopic (exact) mass is 294 g/mol. The molecule has 8 N–H and O–H groups in total. The molecule has 0 atom stereocenters. The zero-order valence-corrected chi connectivity index (χ0v) is 12.3. The lowest BCUT2D eigenvalue weighted by Gasteiger charge is -2.23. The third-order valence-electron chi connectivity index (χ3n) is 3.44. The van der Waals surface area contributed by atoms with E-state index in [1.54, 1.807) is 0 Å². The van der Waals surface area contributed by atoms with Gasteiger partial charge in [-0.05, 0) is 28.8 Å². The second kappa shape index (κ2) is 9.49. The molecule has 0 aromatic heterocycles. The highest BCUT2D eigenvalue weighted by molar-refractivity contribution is 5.72. The molecular weight excluding hydrogens is 268 g/mol. The predicted octanol–water partition coefficient (Wildman–Crippen LogP) is -0.893. The molecule has 118 valence electrons. The Morgan fingerprint density at radius 2 is 1.38 bits per heavy atom. The lowest BCUT2D eigenvalue weighted by atomic mass is 9.99. The van der Waals surface area contributed by atoms with Gasteiger partial charge in [0.2, 0.25) is 0 Å². The van der Waals surface area contributed by atoms with Crippen LogP contribution in [0.3, 0.4) is 0 Å². The number of hydrogen-bond donors (Lipinski definition) is 5. The van der Waals surface area contributed by atoms with Crippen molar-refractivity contribution in [1.29, 1.82) is 0 Å². The van der Waals surface area contributed by atoms with Crippen molar-refractivity contribution < 1.29 is 10.2 Å². The fourth-order valence-corrected chi connectivity index (χ4v) is 2.28.